The monoisotopic (exact) mass is 333 g/mol. The van der Waals surface area contributed by atoms with E-state index < -0.39 is 17.4 Å². The van der Waals surface area contributed by atoms with Crippen LogP contribution >= 0.6 is 0 Å². The van der Waals surface area contributed by atoms with E-state index in [9.17, 15) is 23.4 Å². The quantitative estimate of drug-likeness (QED) is 0.845. The molecule has 2 rings (SSSR count). The predicted molar refractivity (Wildman–Crippen MR) is 76.1 cm³/mol. The smallest absolute Gasteiger partial charge is 0.396 e. The summed E-state index contributed by atoms with van der Waals surface area (Å²) >= 11 is 0. The van der Waals surface area contributed by atoms with Crippen molar-refractivity contribution in [1.29, 1.82) is 0 Å². The van der Waals surface area contributed by atoms with Crippen molar-refractivity contribution < 1.29 is 23.4 Å². The predicted octanol–water partition coefficient (Wildman–Crippen LogP) is 0.879. The summed E-state index contributed by atoms with van der Waals surface area (Å²) in [5.74, 6) is -1.09. The van der Waals surface area contributed by atoms with Gasteiger partial charge >= 0.3 is 6.18 Å². The van der Waals surface area contributed by atoms with Gasteiger partial charge in [0.25, 0.3) is 11.6 Å². The van der Waals surface area contributed by atoms with Crippen LogP contribution in [0, 0.1) is 12.3 Å². The van der Waals surface area contributed by atoms with Crippen molar-refractivity contribution in [2.24, 2.45) is 5.41 Å². The van der Waals surface area contributed by atoms with Gasteiger partial charge in [0, 0.05) is 30.8 Å². The van der Waals surface area contributed by atoms with E-state index in [0.29, 0.717) is 11.5 Å². The van der Waals surface area contributed by atoms with E-state index >= 15 is 0 Å². The van der Waals surface area contributed by atoms with Crippen LogP contribution in [0.4, 0.5) is 19.0 Å². The molecule has 0 atom stereocenters. The first-order chi connectivity index (χ1) is 10.6. The number of halogens is 3. The van der Waals surface area contributed by atoms with E-state index in [0.717, 1.165) is 4.52 Å². The number of nitrogens with zero attached hydrogens (tertiary/aromatic N) is 5. The number of anilines is 1. The Kier molecular flexibility index (Phi) is 4.49. The lowest BCUT2D eigenvalue weighted by Gasteiger charge is -2.31. The summed E-state index contributed by atoms with van der Waals surface area (Å²) in [5.41, 5.74) is -0.332. The van der Waals surface area contributed by atoms with Crippen molar-refractivity contribution in [3.63, 3.8) is 0 Å². The number of rotatable bonds is 5. The third-order valence-corrected chi connectivity index (χ3v) is 3.45. The van der Waals surface area contributed by atoms with Gasteiger partial charge in [-0.2, -0.15) is 22.7 Å². The average molecular weight is 333 g/mol. The first kappa shape index (κ1) is 17.4. The van der Waals surface area contributed by atoms with Gasteiger partial charge in [-0.1, -0.05) is 6.92 Å². The van der Waals surface area contributed by atoms with Gasteiger partial charge in [-0.25, -0.2) is 4.98 Å². The largest absolute Gasteiger partial charge is 0.453 e. The SMILES string of the molecule is Cc1cc(N(C)CC(C)(CO)CO)n2nc(C(F)(F)F)nc2n1. The number of hydrogen-bond acceptors (Lipinski definition) is 6. The second kappa shape index (κ2) is 5.93. The lowest BCUT2D eigenvalue weighted by Crippen LogP contribution is -2.39. The molecule has 0 spiro atoms. The Balaban J connectivity index is 2.49. The fraction of sp³-hybridized carbons (Fsp3) is 0.615. The summed E-state index contributed by atoms with van der Waals surface area (Å²) in [7, 11) is 1.63. The summed E-state index contributed by atoms with van der Waals surface area (Å²) in [6, 6.07) is 1.57. The van der Waals surface area contributed by atoms with E-state index in [1.807, 2.05) is 0 Å². The Hall–Kier alpha value is -1.94. The Morgan fingerprint density at radius 1 is 1.22 bits per heavy atom. The molecule has 128 valence electrons. The van der Waals surface area contributed by atoms with Gasteiger partial charge in [0.05, 0.1) is 13.2 Å². The average Bonchev–Trinajstić information content (AvgIpc) is 2.89. The van der Waals surface area contributed by atoms with Crippen LogP contribution in [0.3, 0.4) is 0 Å². The Bertz CT molecular complexity index is 697. The molecule has 2 aromatic heterocycles. The maximum Gasteiger partial charge on any atom is 0.453 e. The van der Waals surface area contributed by atoms with Crippen LogP contribution in [-0.4, -0.2) is 56.6 Å². The van der Waals surface area contributed by atoms with Gasteiger partial charge in [0.2, 0.25) is 0 Å². The molecule has 0 amide bonds. The van der Waals surface area contributed by atoms with Crippen molar-refractivity contribution in [2.45, 2.75) is 20.0 Å². The molecule has 10 heteroatoms. The Morgan fingerprint density at radius 2 is 1.83 bits per heavy atom. The van der Waals surface area contributed by atoms with Crippen molar-refractivity contribution in [2.75, 3.05) is 31.7 Å². The summed E-state index contributed by atoms with van der Waals surface area (Å²) in [5, 5.41) is 22.2. The molecular weight excluding hydrogens is 315 g/mol. The van der Waals surface area contributed by atoms with Gasteiger partial charge in [0.1, 0.15) is 5.82 Å². The Morgan fingerprint density at radius 3 is 2.35 bits per heavy atom. The summed E-state index contributed by atoms with van der Waals surface area (Å²) in [6.45, 7) is 2.96. The molecule has 7 nitrogen and oxygen atoms in total. The van der Waals surface area contributed by atoms with Crippen LogP contribution in [0.1, 0.15) is 18.4 Å². The molecule has 0 aromatic carbocycles. The van der Waals surface area contributed by atoms with Crippen LogP contribution in [0.5, 0.6) is 0 Å². The highest BCUT2D eigenvalue weighted by molar-refractivity contribution is 5.47. The van der Waals surface area contributed by atoms with E-state index in [4.69, 9.17) is 0 Å². The molecule has 0 aliphatic rings. The zero-order chi connectivity index (χ0) is 17.4. The normalized spacial score (nSPS) is 12.9. The highest BCUT2D eigenvalue weighted by Crippen LogP contribution is 2.28. The summed E-state index contributed by atoms with van der Waals surface area (Å²) < 4.78 is 39.4. The molecule has 0 aliphatic heterocycles. The first-order valence-corrected chi connectivity index (χ1v) is 6.84. The molecular formula is C13H18F3N5O2. The lowest BCUT2D eigenvalue weighted by molar-refractivity contribution is -0.144. The zero-order valence-corrected chi connectivity index (χ0v) is 13.0. The van der Waals surface area contributed by atoms with E-state index in [1.54, 1.807) is 31.9 Å². The molecule has 0 bridgehead atoms. The molecule has 2 aromatic rings. The standard InChI is InChI=1S/C13H18F3N5O2/c1-8-4-9(20(3)5-12(2,6-22)7-23)21-11(17-8)18-10(19-21)13(14,15)16/h4,22-23H,5-7H2,1-3H3. The molecule has 0 unspecified atom stereocenters. The maximum atomic E-state index is 12.8. The highest BCUT2D eigenvalue weighted by Gasteiger charge is 2.37. The molecule has 2 heterocycles. The van der Waals surface area contributed by atoms with Crippen LogP contribution in [0.15, 0.2) is 6.07 Å². The zero-order valence-electron chi connectivity index (χ0n) is 13.0. The number of aryl methyl sites for hydroxylation is 1. The lowest BCUT2D eigenvalue weighted by atomic mass is 9.92. The van der Waals surface area contributed by atoms with Crippen LogP contribution in [0.25, 0.3) is 5.78 Å². The van der Waals surface area contributed by atoms with Crippen LogP contribution in [-0.2, 0) is 6.18 Å². The van der Waals surface area contributed by atoms with E-state index in [1.165, 1.54) is 0 Å². The third-order valence-electron chi connectivity index (χ3n) is 3.45. The minimum atomic E-state index is -4.66. The number of aliphatic hydroxyl groups excluding tert-OH is 2. The topological polar surface area (TPSA) is 86.8 Å². The number of aliphatic hydroxyl groups is 2. The molecule has 0 radical (unpaired) electrons. The van der Waals surface area contributed by atoms with Gasteiger partial charge in [-0.15, -0.1) is 5.10 Å². The minimum absolute atomic E-state index is 0.158. The molecule has 2 N–H and O–H groups in total. The van der Waals surface area contributed by atoms with E-state index in [2.05, 4.69) is 15.1 Å². The fourth-order valence-electron chi connectivity index (χ4n) is 2.16. The van der Waals surface area contributed by atoms with Gasteiger partial charge in [-0.05, 0) is 6.92 Å². The van der Waals surface area contributed by atoms with Crippen LogP contribution in [0.2, 0.25) is 0 Å². The maximum absolute atomic E-state index is 12.8. The van der Waals surface area contributed by atoms with Crippen molar-refractivity contribution in [1.82, 2.24) is 19.6 Å². The molecule has 0 fully saturated rings. The second-order valence-electron chi connectivity index (χ2n) is 5.88. The molecule has 23 heavy (non-hydrogen) atoms. The van der Waals surface area contributed by atoms with Gasteiger partial charge < -0.3 is 15.1 Å². The Labute approximate surface area is 130 Å². The second-order valence-corrected chi connectivity index (χ2v) is 5.88. The molecule has 0 saturated heterocycles. The van der Waals surface area contributed by atoms with Crippen LogP contribution < -0.4 is 4.90 Å². The summed E-state index contributed by atoms with van der Waals surface area (Å²) in [4.78, 5) is 8.97. The fourth-order valence-corrected chi connectivity index (χ4v) is 2.16. The number of hydrogen-bond donors (Lipinski definition) is 2. The first-order valence-electron chi connectivity index (χ1n) is 6.84. The van der Waals surface area contributed by atoms with Crippen molar-refractivity contribution in [3.05, 3.63) is 17.6 Å². The number of alkyl halides is 3. The van der Waals surface area contributed by atoms with E-state index in [-0.39, 0.29) is 25.5 Å². The third kappa shape index (κ3) is 3.53. The van der Waals surface area contributed by atoms with Gasteiger partial charge in [0.15, 0.2) is 0 Å². The number of fused-ring (bicyclic) bond motifs is 1. The molecule has 0 saturated carbocycles. The highest BCUT2D eigenvalue weighted by atomic mass is 19.4. The molecule has 0 aliphatic carbocycles. The number of aromatic nitrogens is 4. The van der Waals surface area contributed by atoms with Crippen molar-refractivity contribution in [3.8, 4) is 0 Å². The summed E-state index contributed by atoms with van der Waals surface area (Å²) in [6.07, 6.45) is -4.66. The van der Waals surface area contributed by atoms with Crippen molar-refractivity contribution >= 4 is 11.6 Å². The van der Waals surface area contributed by atoms with Gasteiger partial charge in [-0.3, -0.25) is 0 Å². The minimum Gasteiger partial charge on any atom is -0.396 e.